The van der Waals surface area contributed by atoms with Gasteiger partial charge in [-0.3, -0.25) is 0 Å². The predicted octanol–water partition coefficient (Wildman–Crippen LogP) is 1.58. The predicted molar refractivity (Wildman–Crippen MR) is 60.6 cm³/mol. The maximum atomic E-state index is 5.68. The van der Waals surface area contributed by atoms with Crippen molar-refractivity contribution in [3.05, 3.63) is 20.8 Å². The minimum Gasteiger partial charge on any atom is -0.329 e. The van der Waals surface area contributed by atoms with Crippen LogP contribution in [0, 0.1) is 0 Å². The van der Waals surface area contributed by atoms with Gasteiger partial charge in [-0.1, -0.05) is 0 Å². The van der Waals surface area contributed by atoms with Crippen LogP contribution in [0.2, 0.25) is 0 Å². The van der Waals surface area contributed by atoms with E-state index in [0.29, 0.717) is 6.54 Å². The molecule has 1 aromatic rings. The van der Waals surface area contributed by atoms with Gasteiger partial charge in [0.05, 0.1) is 6.04 Å². The van der Waals surface area contributed by atoms with E-state index in [1.165, 1.54) is 4.88 Å². The second-order valence-corrected chi connectivity index (χ2v) is 4.75. The zero-order chi connectivity index (χ0) is 9.84. The van der Waals surface area contributed by atoms with Gasteiger partial charge in [-0.15, -0.1) is 11.3 Å². The molecule has 0 radical (unpaired) electrons. The number of hydrogen-bond acceptors (Lipinski definition) is 4. The van der Waals surface area contributed by atoms with E-state index in [1.807, 2.05) is 25.2 Å². The molecule has 0 amide bonds. The Kier molecular flexibility index (Phi) is 4.34. The summed E-state index contributed by atoms with van der Waals surface area (Å²) >= 11 is 5.20. The molecule has 0 spiro atoms. The van der Waals surface area contributed by atoms with Gasteiger partial charge in [0.2, 0.25) is 0 Å². The molecule has 0 aliphatic carbocycles. The number of hydrogen-bond donors (Lipinski definition) is 2. The van der Waals surface area contributed by atoms with Crippen molar-refractivity contribution in [3.63, 3.8) is 0 Å². The van der Waals surface area contributed by atoms with Crippen LogP contribution in [-0.4, -0.2) is 25.6 Å². The molecule has 74 valence electrons. The van der Waals surface area contributed by atoms with Gasteiger partial charge in [-0.2, -0.15) is 0 Å². The molecule has 0 bridgehead atoms. The molecule has 1 unspecified atom stereocenters. The van der Waals surface area contributed by atoms with E-state index in [9.17, 15) is 0 Å². The van der Waals surface area contributed by atoms with Crippen LogP contribution in [0.4, 0.5) is 0 Å². The van der Waals surface area contributed by atoms with Crippen molar-refractivity contribution in [1.82, 2.24) is 10.4 Å². The Balaban J connectivity index is 2.72. The van der Waals surface area contributed by atoms with Gasteiger partial charge in [-0.05, 0) is 27.4 Å². The quantitative estimate of drug-likeness (QED) is 0.811. The molecule has 1 rings (SSSR count). The Morgan fingerprint density at radius 3 is 2.77 bits per heavy atom. The highest BCUT2D eigenvalue weighted by Crippen LogP contribution is 2.28. The van der Waals surface area contributed by atoms with Crippen molar-refractivity contribution in [2.24, 2.45) is 5.73 Å². The molecule has 0 aromatic carbocycles. The van der Waals surface area contributed by atoms with E-state index >= 15 is 0 Å². The first kappa shape index (κ1) is 11.1. The van der Waals surface area contributed by atoms with E-state index in [-0.39, 0.29) is 6.04 Å². The van der Waals surface area contributed by atoms with Crippen molar-refractivity contribution in [2.45, 2.75) is 6.04 Å². The number of nitrogens with two attached hydrogens (primary N) is 1. The fourth-order valence-electron chi connectivity index (χ4n) is 1.08. The standard InChI is InChI=1S/C8H14BrN3S/c1-12(2)11-7(5-10)8-6(9)3-4-13-8/h3-4,7,11H,5,10H2,1-2H3. The Hall–Kier alpha value is 0.0600. The topological polar surface area (TPSA) is 41.3 Å². The monoisotopic (exact) mass is 263 g/mol. The summed E-state index contributed by atoms with van der Waals surface area (Å²) in [5.41, 5.74) is 8.94. The maximum Gasteiger partial charge on any atom is 0.0691 e. The SMILES string of the molecule is CN(C)NC(CN)c1sccc1Br. The van der Waals surface area contributed by atoms with Crippen molar-refractivity contribution in [1.29, 1.82) is 0 Å². The summed E-state index contributed by atoms with van der Waals surface area (Å²) in [6.07, 6.45) is 0. The summed E-state index contributed by atoms with van der Waals surface area (Å²) in [6.45, 7) is 0.595. The van der Waals surface area contributed by atoms with Crippen LogP contribution in [0.5, 0.6) is 0 Å². The van der Waals surface area contributed by atoms with Gasteiger partial charge in [-0.25, -0.2) is 10.4 Å². The summed E-state index contributed by atoms with van der Waals surface area (Å²) in [7, 11) is 3.92. The average molecular weight is 264 g/mol. The largest absolute Gasteiger partial charge is 0.329 e. The van der Waals surface area contributed by atoms with E-state index in [0.717, 1.165) is 4.47 Å². The Bertz CT molecular complexity index is 262. The molecule has 1 heterocycles. The molecular weight excluding hydrogens is 250 g/mol. The number of rotatable bonds is 4. The van der Waals surface area contributed by atoms with Gasteiger partial charge in [0.15, 0.2) is 0 Å². The fourth-order valence-corrected chi connectivity index (χ4v) is 2.79. The lowest BCUT2D eigenvalue weighted by atomic mass is 10.2. The molecule has 5 heteroatoms. The molecule has 13 heavy (non-hydrogen) atoms. The van der Waals surface area contributed by atoms with Crippen LogP contribution < -0.4 is 11.2 Å². The minimum absolute atomic E-state index is 0.198. The van der Waals surface area contributed by atoms with Crippen LogP contribution in [0.1, 0.15) is 10.9 Å². The number of nitrogens with zero attached hydrogens (tertiary/aromatic N) is 1. The third-order valence-corrected chi connectivity index (χ3v) is 3.60. The molecule has 0 saturated heterocycles. The Morgan fingerprint density at radius 1 is 1.69 bits per heavy atom. The fraction of sp³-hybridized carbons (Fsp3) is 0.500. The third-order valence-electron chi connectivity index (χ3n) is 1.61. The molecule has 1 atom stereocenters. The molecule has 0 aliphatic heterocycles. The number of thiophene rings is 1. The summed E-state index contributed by atoms with van der Waals surface area (Å²) in [5, 5.41) is 3.98. The second kappa shape index (κ2) is 5.07. The molecule has 3 nitrogen and oxygen atoms in total. The lowest BCUT2D eigenvalue weighted by Crippen LogP contribution is -2.37. The van der Waals surface area contributed by atoms with Crippen LogP contribution in [0.25, 0.3) is 0 Å². The molecule has 3 N–H and O–H groups in total. The molecular formula is C8H14BrN3S. The first-order valence-electron chi connectivity index (χ1n) is 4.01. The van der Waals surface area contributed by atoms with Crippen molar-refractivity contribution in [2.75, 3.05) is 20.6 Å². The number of nitrogens with one attached hydrogen (secondary N) is 1. The van der Waals surface area contributed by atoms with Crippen molar-refractivity contribution in [3.8, 4) is 0 Å². The van der Waals surface area contributed by atoms with Gasteiger partial charge < -0.3 is 5.73 Å². The van der Waals surface area contributed by atoms with Crippen molar-refractivity contribution < 1.29 is 0 Å². The van der Waals surface area contributed by atoms with Gasteiger partial charge in [0.1, 0.15) is 0 Å². The molecule has 0 saturated carbocycles. The summed E-state index contributed by atoms with van der Waals surface area (Å²) in [4.78, 5) is 1.25. The maximum absolute atomic E-state index is 5.68. The molecule has 1 aromatic heterocycles. The van der Waals surface area contributed by atoms with E-state index in [4.69, 9.17) is 5.73 Å². The Labute approximate surface area is 91.0 Å². The molecule has 0 aliphatic rings. The summed E-state index contributed by atoms with van der Waals surface area (Å²) in [6, 6.07) is 2.24. The van der Waals surface area contributed by atoms with Gasteiger partial charge in [0.25, 0.3) is 0 Å². The van der Waals surface area contributed by atoms with Crippen LogP contribution >= 0.6 is 27.3 Å². The zero-order valence-electron chi connectivity index (χ0n) is 7.75. The van der Waals surface area contributed by atoms with E-state index in [1.54, 1.807) is 11.3 Å². The summed E-state index contributed by atoms with van der Waals surface area (Å²) in [5.74, 6) is 0. The number of hydrazine groups is 1. The highest BCUT2D eigenvalue weighted by atomic mass is 79.9. The minimum atomic E-state index is 0.198. The van der Waals surface area contributed by atoms with Crippen LogP contribution in [0.15, 0.2) is 15.9 Å². The van der Waals surface area contributed by atoms with Crippen LogP contribution in [-0.2, 0) is 0 Å². The third kappa shape index (κ3) is 3.03. The van der Waals surface area contributed by atoms with Gasteiger partial charge >= 0.3 is 0 Å². The Morgan fingerprint density at radius 2 is 2.38 bits per heavy atom. The first-order chi connectivity index (χ1) is 6.15. The van der Waals surface area contributed by atoms with Crippen molar-refractivity contribution >= 4 is 27.3 Å². The average Bonchev–Trinajstić information content (AvgIpc) is 2.47. The highest BCUT2D eigenvalue weighted by molar-refractivity contribution is 9.10. The summed E-state index contributed by atoms with van der Waals surface area (Å²) < 4.78 is 1.13. The van der Waals surface area contributed by atoms with Crippen LogP contribution in [0.3, 0.4) is 0 Å². The normalized spacial score (nSPS) is 13.6. The lowest BCUT2D eigenvalue weighted by Gasteiger charge is -2.20. The molecule has 0 fully saturated rings. The van der Waals surface area contributed by atoms with E-state index in [2.05, 4.69) is 26.7 Å². The lowest BCUT2D eigenvalue weighted by molar-refractivity contribution is 0.247. The first-order valence-corrected chi connectivity index (χ1v) is 5.69. The van der Waals surface area contributed by atoms with Gasteiger partial charge in [0, 0.05) is 30.0 Å². The number of halogens is 1. The second-order valence-electron chi connectivity index (χ2n) is 2.94. The smallest absolute Gasteiger partial charge is 0.0691 e. The zero-order valence-corrected chi connectivity index (χ0v) is 10.2. The van der Waals surface area contributed by atoms with E-state index < -0.39 is 0 Å². The highest BCUT2D eigenvalue weighted by Gasteiger charge is 2.14.